The first-order valence-corrected chi connectivity index (χ1v) is 19.4. The standard InChI is InChI=1S/C54H35NO2/c1-5-17-36(18-6-1)42-25-13-14-26-43(42)48-34-39(33-47(55-48)37-19-7-2-8-20-37)38-29-31-49-51(35-38)57-53-50(56-49)32-30-46-52(53)44-27-15-16-28-45(44)54(46,40-21-9-3-10-22-40)41-23-11-4-12-24-41/h1-35H. The molecule has 11 rings (SSSR count). The minimum atomic E-state index is -0.535. The first kappa shape index (κ1) is 32.9. The van der Waals surface area contributed by atoms with Crippen molar-refractivity contribution in [3.8, 4) is 78.9 Å². The maximum atomic E-state index is 7.07. The van der Waals surface area contributed by atoms with Crippen LogP contribution in [0.3, 0.4) is 0 Å². The summed E-state index contributed by atoms with van der Waals surface area (Å²) < 4.78 is 13.8. The van der Waals surface area contributed by atoms with E-state index in [0.29, 0.717) is 17.2 Å². The van der Waals surface area contributed by atoms with Crippen LogP contribution in [0.25, 0.3) is 55.9 Å². The van der Waals surface area contributed by atoms with Crippen molar-refractivity contribution < 1.29 is 9.47 Å². The van der Waals surface area contributed by atoms with Crippen LogP contribution in [-0.4, -0.2) is 4.98 Å². The number of rotatable bonds is 6. The molecule has 268 valence electrons. The van der Waals surface area contributed by atoms with Crippen LogP contribution in [0.4, 0.5) is 0 Å². The molecule has 0 saturated carbocycles. The van der Waals surface area contributed by atoms with Gasteiger partial charge in [-0.1, -0.05) is 182 Å². The van der Waals surface area contributed by atoms with Crippen molar-refractivity contribution >= 4 is 0 Å². The Labute approximate surface area is 332 Å². The van der Waals surface area contributed by atoms with Crippen LogP contribution in [0.2, 0.25) is 0 Å². The van der Waals surface area contributed by atoms with Crippen LogP contribution in [0, 0.1) is 0 Å². The molecule has 1 aromatic heterocycles. The number of ether oxygens (including phenoxy) is 2. The van der Waals surface area contributed by atoms with Gasteiger partial charge in [0.15, 0.2) is 23.0 Å². The lowest BCUT2D eigenvalue weighted by Gasteiger charge is -2.34. The van der Waals surface area contributed by atoms with E-state index in [9.17, 15) is 0 Å². The predicted octanol–water partition coefficient (Wildman–Crippen LogP) is 14.0. The van der Waals surface area contributed by atoms with Gasteiger partial charge in [-0.2, -0.15) is 0 Å². The van der Waals surface area contributed by atoms with E-state index >= 15 is 0 Å². The van der Waals surface area contributed by atoms with E-state index in [4.69, 9.17) is 14.5 Å². The minimum Gasteiger partial charge on any atom is -0.449 e. The summed E-state index contributed by atoms with van der Waals surface area (Å²) in [6, 6.07) is 74.7. The van der Waals surface area contributed by atoms with Crippen molar-refractivity contribution in [1.82, 2.24) is 4.98 Å². The maximum Gasteiger partial charge on any atom is 0.178 e. The van der Waals surface area contributed by atoms with Gasteiger partial charge in [-0.25, -0.2) is 4.98 Å². The van der Waals surface area contributed by atoms with Crippen molar-refractivity contribution in [3.63, 3.8) is 0 Å². The molecular formula is C54H35NO2. The lowest BCUT2D eigenvalue weighted by atomic mass is 9.68. The van der Waals surface area contributed by atoms with Crippen LogP contribution in [0.1, 0.15) is 22.3 Å². The summed E-state index contributed by atoms with van der Waals surface area (Å²) >= 11 is 0. The molecule has 3 nitrogen and oxygen atoms in total. The fourth-order valence-electron chi connectivity index (χ4n) is 8.91. The predicted molar refractivity (Wildman–Crippen MR) is 230 cm³/mol. The highest BCUT2D eigenvalue weighted by Gasteiger charge is 2.48. The summed E-state index contributed by atoms with van der Waals surface area (Å²) in [4.78, 5) is 5.27. The van der Waals surface area contributed by atoms with Crippen molar-refractivity contribution in [2.75, 3.05) is 0 Å². The van der Waals surface area contributed by atoms with E-state index in [2.05, 4.69) is 200 Å². The lowest BCUT2D eigenvalue weighted by molar-refractivity contribution is 0.360. The number of fused-ring (bicyclic) bond motifs is 6. The summed E-state index contributed by atoms with van der Waals surface area (Å²) in [7, 11) is 0. The number of nitrogens with zero attached hydrogens (tertiary/aromatic N) is 1. The molecular weight excluding hydrogens is 695 g/mol. The van der Waals surface area contributed by atoms with Gasteiger partial charge in [0.2, 0.25) is 0 Å². The number of pyridine rings is 1. The van der Waals surface area contributed by atoms with Gasteiger partial charge >= 0.3 is 0 Å². The Morgan fingerprint density at radius 1 is 0.333 bits per heavy atom. The third kappa shape index (κ3) is 5.32. The van der Waals surface area contributed by atoms with E-state index in [1.807, 2.05) is 12.1 Å². The molecule has 0 amide bonds. The van der Waals surface area contributed by atoms with Gasteiger partial charge in [0.1, 0.15) is 0 Å². The van der Waals surface area contributed by atoms with Crippen LogP contribution in [0.15, 0.2) is 212 Å². The molecule has 2 aliphatic rings. The summed E-state index contributed by atoms with van der Waals surface area (Å²) in [5.74, 6) is 2.79. The van der Waals surface area contributed by atoms with Gasteiger partial charge in [0, 0.05) is 16.7 Å². The summed E-state index contributed by atoms with van der Waals surface area (Å²) in [6.07, 6.45) is 0. The lowest BCUT2D eigenvalue weighted by Crippen LogP contribution is -2.28. The molecule has 8 aromatic carbocycles. The Bertz CT molecular complexity index is 2900. The summed E-state index contributed by atoms with van der Waals surface area (Å²) in [5, 5.41) is 0. The van der Waals surface area contributed by atoms with E-state index in [1.54, 1.807) is 0 Å². The van der Waals surface area contributed by atoms with Crippen molar-refractivity contribution in [1.29, 1.82) is 0 Å². The van der Waals surface area contributed by atoms with E-state index < -0.39 is 5.41 Å². The Hall–Kier alpha value is -7.49. The molecule has 0 unspecified atom stereocenters. The molecule has 1 aliphatic carbocycles. The van der Waals surface area contributed by atoms with Gasteiger partial charge < -0.3 is 9.47 Å². The monoisotopic (exact) mass is 729 g/mol. The van der Waals surface area contributed by atoms with Gasteiger partial charge in [0.25, 0.3) is 0 Å². The second-order valence-corrected chi connectivity index (χ2v) is 14.6. The molecule has 0 fully saturated rings. The van der Waals surface area contributed by atoms with E-state index in [-0.39, 0.29) is 0 Å². The topological polar surface area (TPSA) is 31.4 Å². The molecule has 3 heteroatoms. The maximum absolute atomic E-state index is 7.07. The Morgan fingerprint density at radius 3 is 1.60 bits per heavy atom. The molecule has 0 saturated heterocycles. The van der Waals surface area contributed by atoms with E-state index in [0.717, 1.165) is 61.6 Å². The average molecular weight is 730 g/mol. The highest BCUT2D eigenvalue weighted by atomic mass is 16.6. The smallest absolute Gasteiger partial charge is 0.178 e. The first-order chi connectivity index (χ1) is 28.3. The molecule has 0 bridgehead atoms. The Balaban J connectivity index is 1.07. The molecule has 1 aliphatic heterocycles. The van der Waals surface area contributed by atoms with Gasteiger partial charge in [-0.05, 0) is 80.4 Å². The van der Waals surface area contributed by atoms with Crippen LogP contribution < -0.4 is 9.47 Å². The zero-order valence-corrected chi connectivity index (χ0v) is 31.0. The molecule has 0 spiro atoms. The molecule has 0 radical (unpaired) electrons. The van der Waals surface area contributed by atoms with Crippen LogP contribution >= 0.6 is 0 Å². The van der Waals surface area contributed by atoms with Crippen LogP contribution in [-0.2, 0) is 5.41 Å². The number of hydrogen-bond donors (Lipinski definition) is 0. The highest BCUT2D eigenvalue weighted by Crippen LogP contribution is 2.62. The minimum absolute atomic E-state index is 0.535. The zero-order chi connectivity index (χ0) is 37.8. The summed E-state index contributed by atoms with van der Waals surface area (Å²) in [5.41, 5.74) is 14.7. The van der Waals surface area contributed by atoms with E-state index in [1.165, 1.54) is 22.3 Å². The molecule has 0 atom stereocenters. The SMILES string of the molecule is c1ccc(-c2cc(-c3ccc4c(c3)Oc3c(ccc5c3-c3ccccc3C5(c3ccccc3)c3ccccc3)O4)cc(-c3ccccc3-c3ccccc3)n2)cc1. The fourth-order valence-corrected chi connectivity index (χ4v) is 8.91. The average Bonchev–Trinajstić information content (AvgIpc) is 3.60. The second-order valence-electron chi connectivity index (χ2n) is 14.6. The second kappa shape index (κ2) is 13.4. The van der Waals surface area contributed by atoms with Crippen molar-refractivity contribution in [2.45, 2.75) is 5.41 Å². The Kier molecular flexibility index (Phi) is 7.71. The molecule has 9 aromatic rings. The molecule has 0 N–H and O–H groups in total. The third-order valence-electron chi connectivity index (χ3n) is 11.4. The number of benzene rings is 8. The zero-order valence-electron chi connectivity index (χ0n) is 31.0. The number of aromatic nitrogens is 1. The quantitative estimate of drug-likeness (QED) is 0.171. The third-order valence-corrected chi connectivity index (χ3v) is 11.4. The Morgan fingerprint density at radius 2 is 0.895 bits per heavy atom. The molecule has 2 heterocycles. The van der Waals surface area contributed by atoms with Gasteiger partial charge in [-0.15, -0.1) is 0 Å². The van der Waals surface area contributed by atoms with Crippen molar-refractivity contribution in [3.05, 3.63) is 235 Å². The van der Waals surface area contributed by atoms with Crippen molar-refractivity contribution in [2.24, 2.45) is 0 Å². The van der Waals surface area contributed by atoms with Crippen LogP contribution in [0.5, 0.6) is 23.0 Å². The number of hydrogen-bond acceptors (Lipinski definition) is 3. The normalized spacial score (nSPS) is 13.0. The fraction of sp³-hybridized carbons (Fsp3) is 0.0185. The van der Waals surface area contributed by atoms with Gasteiger partial charge in [-0.3, -0.25) is 0 Å². The highest BCUT2D eigenvalue weighted by molar-refractivity contribution is 5.92. The molecule has 57 heavy (non-hydrogen) atoms. The summed E-state index contributed by atoms with van der Waals surface area (Å²) in [6.45, 7) is 0. The first-order valence-electron chi connectivity index (χ1n) is 19.4. The van der Waals surface area contributed by atoms with Gasteiger partial charge in [0.05, 0.1) is 16.8 Å². The largest absolute Gasteiger partial charge is 0.449 e.